The maximum atomic E-state index is 13.0. The van der Waals surface area contributed by atoms with Crippen LogP contribution in [0, 0.1) is 11.8 Å². The second kappa shape index (κ2) is 6.33. The van der Waals surface area contributed by atoms with Crippen LogP contribution in [0.15, 0.2) is 24.3 Å². The highest BCUT2D eigenvalue weighted by molar-refractivity contribution is 5.82. The van der Waals surface area contributed by atoms with Crippen molar-refractivity contribution >= 4 is 11.8 Å². The Morgan fingerprint density at radius 3 is 2.36 bits per heavy atom. The molecule has 4 rings (SSSR count). The van der Waals surface area contributed by atoms with Crippen molar-refractivity contribution in [3.8, 4) is 0 Å². The van der Waals surface area contributed by atoms with E-state index in [0.29, 0.717) is 18.2 Å². The van der Waals surface area contributed by atoms with E-state index in [1.807, 2.05) is 6.92 Å². The van der Waals surface area contributed by atoms with Gasteiger partial charge in [-0.05, 0) is 48.6 Å². The van der Waals surface area contributed by atoms with Gasteiger partial charge in [-0.2, -0.15) is 0 Å². The lowest BCUT2D eigenvalue weighted by molar-refractivity contribution is -0.142. The Balaban J connectivity index is 1.37. The summed E-state index contributed by atoms with van der Waals surface area (Å²) in [7, 11) is 0. The van der Waals surface area contributed by atoms with Crippen molar-refractivity contribution in [3.63, 3.8) is 0 Å². The van der Waals surface area contributed by atoms with Crippen molar-refractivity contribution in [2.75, 3.05) is 13.1 Å². The van der Waals surface area contributed by atoms with E-state index in [9.17, 15) is 9.59 Å². The van der Waals surface area contributed by atoms with Crippen LogP contribution in [0.25, 0.3) is 0 Å². The topological polar surface area (TPSA) is 49.4 Å². The van der Waals surface area contributed by atoms with Crippen LogP contribution in [0.3, 0.4) is 0 Å². The Bertz CT molecular complexity index is 786. The molecule has 2 aliphatic carbocycles. The number of carbonyl (C=O) groups excluding carboxylic acids is 2. The van der Waals surface area contributed by atoms with Gasteiger partial charge in [0.05, 0.1) is 0 Å². The molecule has 28 heavy (non-hydrogen) atoms. The van der Waals surface area contributed by atoms with E-state index in [4.69, 9.17) is 0 Å². The molecule has 1 aliphatic heterocycles. The number of benzene rings is 1. The van der Waals surface area contributed by atoms with Crippen LogP contribution in [0.5, 0.6) is 0 Å². The lowest BCUT2D eigenvalue weighted by atomic mass is 9.68. The zero-order chi connectivity index (χ0) is 20.3. The number of piperidine rings is 1. The molecule has 4 heteroatoms. The van der Waals surface area contributed by atoms with Gasteiger partial charge in [-0.15, -0.1) is 0 Å². The van der Waals surface area contributed by atoms with Crippen molar-refractivity contribution in [2.45, 2.75) is 76.7 Å². The lowest BCUT2D eigenvalue weighted by Crippen LogP contribution is -2.58. The third kappa shape index (κ3) is 3.25. The van der Waals surface area contributed by atoms with Crippen LogP contribution in [0.1, 0.15) is 71.4 Å². The first kappa shape index (κ1) is 19.5. The van der Waals surface area contributed by atoms with E-state index in [-0.39, 0.29) is 28.2 Å². The Morgan fingerprint density at radius 1 is 1.14 bits per heavy atom. The van der Waals surface area contributed by atoms with E-state index in [1.165, 1.54) is 17.5 Å². The van der Waals surface area contributed by atoms with E-state index < -0.39 is 0 Å². The summed E-state index contributed by atoms with van der Waals surface area (Å²) in [5, 5.41) is 3.08. The van der Waals surface area contributed by atoms with Crippen LogP contribution >= 0.6 is 0 Å². The first-order valence-electron chi connectivity index (χ1n) is 10.8. The first-order chi connectivity index (χ1) is 13.1. The molecule has 2 unspecified atom stereocenters. The average Bonchev–Trinajstić information content (AvgIpc) is 3.19. The number of fused-ring (bicyclic) bond motifs is 1. The third-order valence-corrected chi connectivity index (χ3v) is 7.29. The second-order valence-corrected chi connectivity index (χ2v) is 10.7. The minimum Gasteiger partial charge on any atom is -0.351 e. The SMILES string of the molecule is CCC(=O)NC1(C)CC(C(=O)N2CC3CC3(c3ccc(C(C)(C)C)cc3)C2)C1. The molecule has 0 bridgehead atoms. The van der Waals surface area contributed by atoms with E-state index in [1.54, 1.807) is 0 Å². The maximum Gasteiger partial charge on any atom is 0.225 e. The summed E-state index contributed by atoms with van der Waals surface area (Å²) in [6.45, 7) is 12.4. The van der Waals surface area contributed by atoms with Gasteiger partial charge in [0.2, 0.25) is 11.8 Å². The molecular weight excluding hydrogens is 348 g/mol. The summed E-state index contributed by atoms with van der Waals surface area (Å²) < 4.78 is 0. The summed E-state index contributed by atoms with van der Waals surface area (Å²) >= 11 is 0. The fraction of sp³-hybridized carbons (Fsp3) is 0.667. The monoisotopic (exact) mass is 382 g/mol. The summed E-state index contributed by atoms with van der Waals surface area (Å²) in [6.07, 6.45) is 3.25. The zero-order valence-electron chi connectivity index (χ0n) is 18.0. The maximum absolute atomic E-state index is 13.0. The Labute approximate surface area is 169 Å². The molecule has 2 atom stereocenters. The van der Waals surface area contributed by atoms with Gasteiger partial charge in [0, 0.05) is 36.4 Å². The quantitative estimate of drug-likeness (QED) is 0.862. The van der Waals surface area contributed by atoms with Gasteiger partial charge in [0.25, 0.3) is 0 Å². The molecule has 3 aliphatic rings. The Hall–Kier alpha value is -1.84. The fourth-order valence-electron chi connectivity index (χ4n) is 5.39. The summed E-state index contributed by atoms with van der Waals surface area (Å²) in [5.74, 6) is 1.05. The van der Waals surface area contributed by atoms with E-state index >= 15 is 0 Å². The van der Waals surface area contributed by atoms with Crippen LogP contribution in [-0.2, 0) is 20.4 Å². The number of rotatable bonds is 4. The molecule has 1 saturated heterocycles. The Morgan fingerprint density at radius 2 is 1.79 bits per heavy atom. The molecule has 0 spiro atoms. The molecule has 1 aromatic rings. The van der Waals surface area contributed by atoms with Gasteiger partial charge in [-0.3, -0.25) is 9.59 Å². The minimum absolute atomic E-state index is 0.0694. The summed E-state index contributed by atoms with van der Waals surface area (Å²) in [6, 6.07) is 9.10. The number of carbonyl (C=O) groups is 2. The first-order valence-corrected chi connectivity index (χ1v) is 10.8. The van der Waals surface area contributed by atoms with Gasteiger partial charge >= 0.3 is 0 Å². The highest BCUT2D eigenvalue weighted by atomic mass is 16.2. The molecule has 0 radical (unpaired) electrons. The standard InChI is InChI=1S/C24H34N2O2/c1-6-20(27)25-23(5)11-16(12-23)21(28)26-14-19-13-24(19,15-26)18-9-7-17(8-10-18)22(2,3)4/h7-10,16,19H,6,11-15H2,1-5H3,(H,25,27). The normalized spacial score (nSPS) is 33.8. The molecule has 152 valence electrons. The molecule has 1 heterocycles. The lowest BCUT2D eigenvalue weighted by Gasteiger charge is -2.46. The fourth-order valence-corrected chi connectivity index (χ4v) is 5.39. The average molecular weight is 383 g/mol. The molecule has 0 aromatic heterocycles. The van der Waals surface area contributed by atoms with Crippen molar-refractivity contribution < 1.29 is 9.59 Å². The van der Waals surface area contributed by atoms with Crippen LogP contribution in [-0.4, -0.2) is 35.3 Å². The van der Waals surface area contributed by atoms with E-state index in [2.05, 4.69) is 62.2 Å². The molecular formula is C24H34N2O2. The zero-order valence-corrected chi connectivity index (χ0v) is 18.0. The van der Waals surface area contributed by atoms with Crippen molar-refractivity contribution in [2.24, 2.45) is 11.8 Å². The highest BCUT2D eigenvalue weighted by Gasteiger charge is 2.62. The molecule has 3 fully saturated rings. The van der Waals surface area contributed by atoms with Crippen molar-refractivity contribution in [3.05, 3.63) is 35.4 Å². The highest BCUT2D eigenvalue weighted by Crippen LogP contribution is 2.59. The second-order valence-electron chi connectivity index (χ2n) is 10.7. The van der Waals surface area contributed by atoms with Crippen LogP contribution in [0.2, 0.25) is 0 Å². The molecule has 2 saturated carbocycles. The number of hydrogen-bond donors (Lipinski definition) is 1. The number of likely N-dealkylation sites (tertiary alicyclic amines) is 1. The molecule has 1 N–H and O–H groups in total. The third-order valence-electron chi connectivity index (χ3n) is 7.29. The minimum atomic E-state index is -0.198. The van der Waals surface area contributed by atoms with Crippen molar-refractivity contribution in [1.82, 2.24) is 10.2 Å². The van der Waals surface area contributed by atoms with Crippen LogP contribution < -0.4 is 5.32 Å². The predicted octanol–water partition coefficient (Wildman–Crippen LogP) is 3.78. The smallest absolute Gasteiger partial charge is 0.225 e. The molecule has 4 nitrogen and oxygen atoms in total. The van der Waals surface area contributed by atoms with Gasteiger partial charge in [0.1, 0.15) is 0 Å². The summed E-state index contributed by atoms with van der Waals surface area (Å²) in [5.41, 5.74) is 2.92. The van der Waals surface area contributed by atoms with Gasteiger partial charge in [-0.25, -0.2) is 0 Å². The van der Waals surface area contributed by atoms with Crippen molar-refractivity contribution in [1.29, 1.82) is 0 Å². The summed E-state index contributed by atoms with van der Waals surface area (Å²) in [4.78, 5) is 26.8. The van der Waals surface area contributed by atoms with Gasteiger partial charge in [0.15, 0.2) is 0 Å². The number of amides is 2. The Kier molecular flexibility index (Phi) is 4.40. The van der Waals surface area contributed by atoms with Crippen LogP contribution in [0.4, 0.5) is 0 Å². The largest absolute Gasteiger partial charge is 0.351 e. The molecule has 1 aromatic carbocycles. The number of nitrogens with zero attached hydrogens (tertiary/aromatic N) is 1. The van der Waals surface area contributed by atoms with Gasteiger partial charge in [-0.1, -0.05) is 52.0 Å². The molecule has 2 amide bonds. The van der Waals surface area contributed by atoms with E-state index in [0.717, 1.165) is 25.9 Å². The predicted molar refractivity (Wildman–Crippen MR) is 111 cm³/mol. The number of nitrogens with one attached hydrogen (secondary N) is 1. The van der Waals surface area contributed by atoms with Gasteiger partial charge < -0.3 is 10.2 Å². The number of hydrogen-bond acceptors (Lipinski definition) is 2.